The molecule has 0 spiro atoms. The number of aromatic nitrogens is 2. The smallest absolute Gasteiger partial charge is 0.320 e. The Hall–Kier alpha value is -3.02. The van der Waals surface area contributed by atoms with Crippen molar-refractivity contribution in [2.45, 2.75) is 13.8 Å². The molecule has 24 heavy (non-hydrogen) atoms. The Morgan fingerprint density at radius 1 is 1.25 bits per heavy atom. The van der Waals surface area contributed by atoms with E-state index in [1.807, 2.05) is 26.0 Å². The van der Waals surface area contributed by atoms with Crippen molar-refractivity contribution < 1.29 is 9.18 Å². The largest absolute Gasteiger partial charge is 0.338 e. The lowest BCUT2D eigenvalue weighted by molar-refractivity contribution is 0.252. The van der Waals surface area contributed by atoms with Crippen molar-refractivity contribution in [1.82, 2.24) is 15.3 Å². The van der Waals surface area contributed by atoms with Crippen LogP contribution in [-0.2, 0) is 0 Å². The number of urea groups is 1. The molecule has 0 saturated heterocycles. The molecule has 122 valence electrons. The van der Waals surface area contributed by atoms with Crippen LogP contribution in [-0.4, -0.2) is 22.5 Å². The van der Waals surface area contributed by atoms with Crippen LogP contribution in [0.4, 0.5) is 15.0 Å². The van der Waals surface area contributed by atoms with E-state index < -0.39 is 5.95 Å². The predicted octanol–water partition coefficient (Wildman–Crippen LogP) is 3.89. The molecule has 2 heterocycles. The van der Waals surface area contributed by atoms with Crippen molar-refractivity contribution in [1.29, 1.82) is 0 Å². The number of benzene rings is 1. The molecule has 0 atom stereocenters. The first-order valence-electron chi connectivity index (χ1n) is 7.64. The molecule has 2 aromatic heterocycles. The van der Waals surface area contributed by atoms with Crippen molar-refractivity contribution in [2.24, 2.45) is 0 Å². The van der Waals surface area contributed by atoms with Gasteiger partial charge in [0.2, 0.25) is 5.95 Å². The lowest BCUT2D eigenvalue weighted by atomic mass is 9.99. The molecule has 3 aromatic rings. The van der Waals surface area contributed by atoms with Crippen LogP contribution in [0.2, 0.25) is 0 Å². The third-order valence-corrected chi connectivity index (χ3v) is 3.69. The summed E-state index contributed by atoms with van der Waals surface area (Å²) in [6.45, 7) is 4.31. The topological polar surface area (TPSA) is 66.9 Å². The summed E-state index contributed by atoms with van der Waals surface area (Å²) in [6.07, 6.45) is 3.13. The lowest BCUT2D eigenvalue weighted by Gasteiger charge is -2.10. The van der Waals surface area contributed by atoms with Gasteiger partial charge in [-0.05, 0) is 54.6 Å². The van der Waals surface area contributed by atoms with Gasteiger partial charge in [-0.3, -0.25) is 5.32 Å². The molecular formula is C18H17FN4O. The van der Waals surface area contributed by atoms with Crippen LogP contribution in [0, 0.1) is 12.9 Å². The minimum atomic E-state index is -0.508. The van der Waals surface area contributed by atoms with Crippen LogP contribution in [0.3, 0.4) is 0 Å². The maximum atomic E-state index is 14.0. The maximum Gasteiger partial charge on any atom is 0.320 e. The quantitative estimate of drug-likeness (QED) is 0.718. The molecule has 0 bridgehead atoms. The van der Waals surface area contributed by atoms with Gasteiger partial charge in [0.1, 0.15) is 5.82 Å². The second-order valence-corrected chi connectivity index (χ2v) is 5.41. The number of carbonyl (C=O) groups is 1. The Labute approximate surface area is 138 Å². The predicted molar refractivity (Wildman–Crippen MR) is 92.4 cm³/mol. The van der Waals surface area contributed by atoms with E-state index in [1.54, 1.807) is 24.4 Å². The van der Waals surface area contributed by atoms with Gasteiger partial charge in [-0.25, -0.2) is 14.8 Å². The van der Waals surface area contributed by atoms with E-state index in [1.165, 1.54) is 6.20 Å². The Morgan fingerprint density at radius 3 is 2.83 bits per heavy atom. The van der Waals surface area contributed by atoms with Gasteiger partial charge in [0.15, 0.2) is 0 Å². The number of pyridine rings is 2. The van der Waals surface area contributed by atoms with Crippen molar-refractivity contribution >= 4 is 22.6 Å². The van der Waals surface area contributed by atoms with Crippen LogP contribution >= 0.6 is 0 Å². The van der Waals surface area contributed by atoms with E-state index >= 15 is 0 Å². The molecule has 5 nitrogen and oxygen atoms in total. The summed E-state index contributed by atoms with van der Waals surface area (Å²) in [7, 11) is 0. The summed E-state index contributed by atoms with van der Waals surface area (Å²) in [5.41, 5.74) is 2.15. The van der Waals surface area contributed by atoms with Crippen LogP contribution in [0.5, 0.6) is 0 Å². The minimum Gasteiger partial charge on any atom is -0.338 e. The number of hydrogen-bond acceptors (Lipinski definition) is 3. The SMILES string of the molecule is CCNC(=O)Nc1cc2cc(-c3cccnc3F)cc(C)c2cn1. The molecule has 0 saturated carbocycles. The molecule has 0 unspecified atom stereocenters. The molecule has 2 amide bonds. The van der Waals surface area contributed by atoms with Gasteiger partial charge >= 0.3 is 6.03 Å². The number of amides is 2. The van der Waals surface area contributed by atoms with E-state index in [2.05, 4.69) is 20.6 Å². The molecule has 0 aliphatic heterocycles. The van der Waals surface area contributed by atoms with E-state index in [0.717, 1.165) is 21.9 Å². The van der Waals surface area contributed by atoms with E-state index in [0.29, 0.717) is 17.9 Å². The highest BCUT2D eigenvalue weighted by Crippen LogP contribution is 2.29. The highest BCUT2D eigenvalue weighted by Gasteiger charge is 2.10. The lowest BCUT2D eigenvalue weighted by Crippen LogP contribution is -2.28. The monoisotopic (exact) mass is 324 g/mol. The number of halogens is 1. The Bertz CT molecular complexity index is 911. The summed E-state index contributed by atoms with van der Waals surface area (Å²) in [5.74, 6) is -0.0670. The molecule has 0 aliphatic rings. The standard InChI is InChI=1S/C18H17FN4O/c1-3-20-18(24)23-16-9-13-8-12(7-11(2)15(13)10-22-16)14-5-4-6-21-17(14)19/h4-10H,3H2,1-2H3,(H2,20,22,23,24). The molecule has 6 heteroatoms. The number of anilines is 1. The van der Waals surface area contributed by atoms with Gasteiger partial charge < -0.3 is 5.32 Å². The van der Waals surface area contributed by atoms with E-state index in [9.17, 15) is 9.18 Å². The fraction of sp³-hybridized carbons (Fsp3) is 0.167. The molecule has 0 fully saturated rings. The van der Waals surface area contributed by atoms with Gasteiger partial charge in [0.25, 0.3) is 0 Å². The van der Waals surface area contributed by atoms with Crippen molar-refractivity contribution in [3.8, 4) is 11.1 Å². The van der Waals surface area contributed by atoms with Crippen molar-refractivity contribution in [3.05, 3.63) is 54.2 Å². The van der Waals surface area contributed by atoms with Crippen LogP contribution < -0.4 is 10.6 Å². The number of aryl methyl sites for hydroxylation is 1. The Kier molecular flexibility index (Phi) is 4.37. The summed E-state index contributed by atoms with van der Waals surface area (Å²) >= 11 is 0. The zero-order chi connectivity index (χ0) is 17.1. The molecule has 3 rings (SSSR count). The Morgan fingerprint density at radius 2 is 2.08 bits per heavy atom. The van der Waals surface area contributed by atoms with Crippen LogP contribution in [0.15, 0.2) is 42.7 Å². The van der Waals surface area contributed by atoms with E-state index in [4.69, 9.17) is 0 Å². The normalized spacial score (nSPS) is 10.6. The molecule has 1 aromatic carbocycles. The van der Waals surface area contributed by atoms with E-state index in [-0.39, 0.29) is 6.03 Å². The second kappa shape index (κ2) is 6.62. The fourth-order valence-corrected chi connectivity index (χ4v) is 2.59. The average Bonchev–Trinajstić information content (AvgIpc) is 2.55. The highest BCUT2D eigenvalue weighted by atomic mass is 19.1. The van der Waals surface area contributed by atoms with Gasteiger partial charge in [-0.1, -0.05) is 6.07 Å². The average molecular weight is 324 g/mol. The first-order valence-corrected chi connectivity index (χ1v) is 7.64. The van der Waals surface area contributed by atoms with Gasteiger partial charge in [0.05, 0.1) is 0 Å². The number of fused-ring (bicyclic) bond motifs is 1. The number of rotatable bonds is 3. The van der Waals surface area contributed by atoms with Crippen LogP contribution in [0.25, 0.3) is 21.9 Å². The summed E-state index contributed by atoms with van der Waals surface area (Å²) in [6, 6.07) is 8.63. The van der Waals surface area contributed by atoms with Gasteiger partial charge in [0, 0.05) is 29.9 Å². The third-order valence-electron chi connectivity index (χ3n) is 3.69. The molecule has 0 aliphatic carbocycles. The zero-order valence-electron chi connectivity index (χ0n) is 13.4. The van der Waals surface area contributed by atoms with Crippen molar-refractivity contribution in [3.63, 3.8) is 0 Å². The summed E-state index contributed by atoms with van der Waals surface area (Å²) in [5, 5.41) is 7.15. The fourth-order valence-electron chi connectivity index (χ4n) is 2.59. The maximum absolute atomic E-state index is 14.0. The van der Waals surface area contributed by atoms with Gasteiger partial charge in [-0.2, -0.15) is 4.39 Å². The summed E-state index contributed by atoms with van der Waals surface area (Å²) < 4.78 is 14.0. The number of nitrogens with one attached hydrogen (secondary N) is 2. The van der Waals surface area contributed by atoms with Crippen LogP contribution in [0.1, 0.15) is 12.5 Å². The van der Waals surface area contributed by atoms with Gasteiger partial charge in [-0.15, -0.1) is 0 Å². The second-order valence-electron chi connectivity index (χ2n) is 5.41. The van der Waals surface area contributed by atoms with Crippen molar-refractivity contribution in [2.75, 3.05) is 11.9 Å². The zero-order valence-corrected chi connectivity index (χ0v) is 13.4. The minimum absolute atomic E-state index is 0.310. The third kappa shape index (κ3) is 3.17. The molecule has 0 radical (unpaired) electrons. The first-order chi connectivity index (χ1) is 11.6. The summed E-state index contributed by atoms with van der Waals surface area (Å²) in [4.78, 5) is 19.6. The first kappa shape index (κ1) is 15.9. The molecular weight excluding hydrogens is 307 g/mol. The molecule has 2 N–H and O–H groups in total. The number of hydrogen-bond donors (Lipinski definition) is 2. The number of carbonyl (C=O) groups excluding carboxylic acids is 1. The Balaban J connectivity index is 2.05. The number of nitrogens with zero attached hydrogens (tertiary/aromatic N) is 2. The highest BCUT2D eigenvalue weighted by molar-refractivity contribution is 5.94.